The molecule has 5 nitrogen and oxygen atoms in total. The molecule has 0 saturated carbocycles. The zero-order valence-corrected chi connectivity index (χ0v) is 17.5. The molecule has 2 amide bonds. The van der Waals surface area contributed by atoms with Crippen molar-refractivity contribution in [1.82, 2.24) is 9.88 Å². The number of aryl methyl sites for hydroxylation is 1. The molecule has 0 aliphatic carbocycles. The van der Waals surface area contributed by atoms with Gasteiger partial charge >= 0.3 is 0 Å². The lowest BCUT2D eigenvalue weighted by Crippen LogP contribution is -2.34. The van der Waals surface area contributed by atoms with E-state index in [4.69, 9.17) is 23.2 Å². The van der Waals surface area contributed by atoms with Crippen molar-refractivity contribution in [2.45, 2.75) is 6.92 Å². The van der Waals surface area contributed by atoms with Gasteiger partial charge in [0.2, 0.25) is 5.91 Å². The molecule has 2 aromatic carbocycles. The van der Waals surface area contributed by atoms with Crippen molar-refractivity contribution in [2.75, 3.05) is 18.9 Å². The van der Waals surface area contributed by atoms with Crippen LogP contribution in [0.3, 0.4) is 0 Å². The molecule has 28 heavy (non-hydrogen) atoms. The molecule has 1 heterocycles. The molecule has 1 N–H and O–H groups in total. The van der Waals surface area contributed by atoms with Crippen LogP contribution in [-0.2, 0) is 4.79 Å². The predicted octanol–water partition coefficient (Wildman–Crippen LogP) is 5.14. The van der Waals surface area contributed by atoms with Gasteiger partial charge in [-0.1, -0.05) is 53.5 Å². The molecule has 0 spiro atoms. The van der Waals surface area contributed by atoms with E-state index in [2.05, 4.69) is 10.3 Å². The predicted molar refractivity (Wildman–Crippen MR) is 114 cm³/mol. The van der Waals surface area contributed by atoms with Crippen LogP contribution >= 0.6 is 34.5 Å². The van der Waals surface area contributed by atoms with E-state index in [-0.39, 0.29) is 18.4 Å². The number of hydrogen-bond donors (Lipinski definition) is 1. The number of thiazole rings is 1. The van der Waals surface area contributed by atoms with Crippen LogP contribution < -0.4 is 5.32 Å². The summed E-state index contributed by atoms with van der Waals surface area (Å²) in [5.41, 5.74) is 2.11. The SMILES string of the molecule is Cc1nc(-c2ccccc2)sc1C(=O)N(C)CC(=O)Nc1ccc(Cl)c(Cl)c1. The van der Waals surface area contributed by atoms with E-state index < -0.39 is 0 Å². The van der Waals surface area contributed by atoms with Crippen molar-refractivity contribution in [3.8, 4) is 10.6 Å². The molecule has 3 rings (SSSR count). The molecule has 0 aliphatic rings. The first-order valence-corrected chi connectivity index (χ1v) is 9.95. The molecule has 0 unspecified atom stereocenters. The zero-order chi connectivity index (χ0) is 20.3. The normalized spacial score (nSPS) is 10.6. The Balaban J connectivity index is 1.68. The number of amides is 2. The Labute approximate surface area is 176 Å². The fourth-order valence-corrected chi connectivity index (χ4v) is 3.90. The fraction of sp³-hybridized carbons (Fsp3) is 0.150. The minimum absolute atomic E-state index is 0.100. The lowest BCUT2D eigenvalue weighted by Gasteiger charge is -2.16. The topological polar surface area (TPSA) is 62.3 Å². The molecule has 144 valence electrons. The monoisotopic (exact) mass is 433 g/mol. The average Bonchev–Trinajstić information content (AvgIpc) is 3.06. The Kier molecular flexibility index (Phi) is 6.34. The Morgan fingerprint density at radius 2 is 1.82 bits per heavy atom. The maximum absolute atomic E-state index is 12.8. The average molecular weight is 434 g/mol. The molecule has 0 bridgehead atoms. The summed E-state index contributed by atoms with van der Waals surface area (Å²) >= 11 is 13.1. The molecule has 0 fully saturated rings. The number of anilines is 1. The van der Waals surface area contributed by atoms with E-state index in [1.54, 1.807) is 32.2 Å². The molecule has 0 saturated heterocycles. The number of halogens is 2. The highest BCUT2D eigenvalue weighted by molar-refractivity contribution is 7.17. The Morgan fingerprint density at radius 3 is 2.50 bits per heavy atom. The summed E-state index contributed by atoms with van der Waals surface area (Å²) in [6.45, 7) is 1.69. The van der Waals surface area contributed by atoms with Gasteiger partial charge in [0.05, 0.1) is 22.3 Å². The minimum Gasteiger partial charge on any atom is -0.332 e. The summed E-state index contributed by atoms with van der Waals surface area (Å²) < 4.78 is 0. The van der Waals surface area contributed by atoms with E-state index in [0.717, 1.165) is 10.6 Å². The van der Waals surface area contributed by atoms with Gasteiger partial charge in [0.25, 0.3) is 5.91 Å². The van der Waals surface area contributed by atoms with Gasteiger partial charge in [-0.2, -0.15) is 0 Å². The summed E-state index contributed by atoms with van der Waals surface area (Å²) in [4.78, 5) is 31.4. The molecule has 0 aliphatic heterocycles. The Hall–Kier alpha value is -2.41. The van der Waals surface area contributed by atoms with Crippen molar-refractivity contribution < 1.29 is 9.59 Å². The van der Waals surface area contributed by atoms with Gasteiger partial charge in [-0.3, -0.25) is 9.59 Å². The molecule has 8 heteroatoms. The van der Waals surface area contributed by atoms with Gasteiger partial charge in [0, 0.05) is 18.3 Å². The number of carbonyl (C=O) groups is 2. The molecular formula is C20H17Cl2N3O2S. The van der Waals surface area contributed by atoms with Crippen molar-refractivity contribution in [3.05, 3.63) is 69.1 Å². The van der Waals surface area contributed by atoms with Crippen LogP contribution in [-0.4, -0.2) is 35.3 Å². The summed E-state index contributed by atoms with van der Waals surface area (Å²) in [6.07, 6.45) is 0. The number of benzene rings is 2. The van der Waals surface area contributed by atoms with Crippen molar-refractivity contribution in [3.63, 3.8) is 0 Å². The second-order valence-electron chi connectivity index (χ2n) is 6.14. The van der Waals surface area contributed by atoms with Crippen LogP contribution in [0, 0.1) is 6.92 Å². The lowest BCUT2D eigenvalue weighted by molar-refractivity contribution is -0.116. The maximum Gasteiger partial charge on any atom is 0.266 e. The first-order valence-electron chi connectivity index (χ1n) is 8.38. The number of rotatable bonds is 5. The molecule has 0 radical (unpaired) electrons. The number of likely N-dealkylation sites (N-methyl/N-ethyl adjacent to an activating group) is 1. The van der Waals surface area contributed by atoms with Gasteiger partial charge in [0.1, 0.15) is 9.88 Å². The van der Waals surface area contributed by atoms with Gasteiger partial charge in [-0.05, 0) is 25.1 Å². The first-order chi connectivity index (χ1) is 13.3. The minimum atomic E-state index is -0.334. The second kappa shape index (κ2) is 8.73. The largest absolute Gasteiger partial charge is 0.332 e. The summed E-state index contributed by atoms with van der Waals surface area (Å²) in [5, 5.41) is 4.23. The van der Waals surface area contributed by atoms with Gasteiger partial charge < -0.3 is 10.2 Å². The second-order valence-corrected chi connectivity index (χ2v) is 7.95. The summed E-state index contributed by atoms with van der Waals surface area (Å²) in [7, 11) is 1.58. The van der Waals surface area contributed by atoms with Gasteiger partial charge in [0.15, 0.2) is 0 Å². The number of carbonyl (C=O) groups excluding carboxylic acids is 2. The van der Waals surface area contributed by atoms with Gasteiger partial charge in [-0.25, -0.2) is 4.98 Å². The fourth-order valence-electron chi connectivity index (χ4n) is 2.53. The van der Waals surface area contributed by atoms with Crippen molar-refractivity contribution in [2.24, 2.45) is 0 Å². The van der Waals surface area contributed by atoms with Gasteiger partial charge in [-0.15, -0.1) is 11.3 Å². The molecular weight excluding hydrogens is 417 g/mol. The number of aromatic nitrogens is 1. The summed E-state index contributed by atoms with van der Waals surface area (Å²) in [6, 6.07) is 14.5. The third-order valence-corrected chi connectivity index (χ3v) is 5.88. The van der Waals surface area contributed by atoms with E-state index in [0.29, 0.717) is 26.3 Å². The van der Waals surface area contributed by atoms with E-state index in [1.807, 2.05) is 30.3 Å². The standard InChI is InChI=1S/C20H17Cl2N3O2S/c1-12-18(28-19(23-12)13-6-4-3-5-7-13)20(27)25(2)11-17(26)24-14-8-9-15(21)16(22)10-14/h3-10H,11H2,1-2H3,(H,24,26). The van der Waals surface area contributed by atoms with E-state index in [9.17, 15) is 9.59 Å². The highest BCUT2D eigenvalue weighted by Gasteiger charge is 2.21. The third-order valence-electron chi connectivity index (χ3n) is 3.94. The maximum atomic E-state index is 12.8. The Morgan fingerprint density at radius 1 is 1.11 bits per heavy atom. The lowest BCUT2D eigenvalue weighted by atomic mass is 10.2. The number of nitrogens with one attached hydrogen (secondary N) is 1. The Bertz CT molecular complexity index is 1020. The van der Waals surface area contributed by atoms with Crippen molar-refractivity contribution >= 4 is 52.0 Å². The van der Waals surface area contributed by atoms with Crippen LogP contribution in [0.2, 0.25) is 10.0 Å². The molecule has 1 aromatic heterocycles. The third kappa shape index (κ3) is 4.70. The number of nitrogens with zero attached hydrogens (tertiary/aromatic N) is 2. The van der Waals surface area contributed by atoms with Crippen LogP contribution in [0.1, 0.15) is 15.4 Å². The number of hydrogen-bond acceptors (Lipinski definition) is 4. The van der Waals surface area contributed by atoms with Crippen LogP contribution in [0.15, 0.2) is 48.5 Å². The highest BCUT2D eigenvalue weighted by atomic mass is 35.5. The quantitative estimate of drug-likeness (QED) is 0.605. The van der Waals surface area contributed by atoms with E-state index in [1.165, 1.54) is 16.2 Å². The molecule has 0 atom stereocenters. The smallest absolute Gasteiger partial charge is 0.266 e. The van der Waals surface area contributed by atoms with Crippen LogP contribution in [0.5, 0.6) is 0 Å². The molecule has 3 aromatic rings. The van der Waals surface area contributed by atoms with Crippen molar-refractivity contribution in [1.29, 1.82) is 0 Å². The van der Waals surface area contributed by atoms with E-state index >= 15 is 0 Å². The van der Waals surface area contributed by atoms with Crippen LogP contribution in [0.25, 0.3) is 10.6 Å². The van der Waals surface area contributed by atoms with Crippen LogP contribution in [0.4, 0.5) is 5.69 Å². The highest BCUT2D eigenvalue weighted by Crippen LogP contribution is 2.28. The first kappa shape index (κ1) is 20.3. The zero-order valence-electron chi connectivity index (χ0n) is 15.2. The summed E-state index contributed by atoms with van der Waals surface area (Å²) in [5.74, 6) is -0.582.